The number of para-hydroxylation sites is 2. The molecule has 0 unspecified atom stereocenters. The summed E-state index contributed by atoms with van der Waals surface area (Å²) in [4.78, 5) is 17.2. The van der Waals surface area contributed by atoms with Gasteiger partial charge in [0.15, 0.2) is 17.5 Å². The summed E-state index contributed by atoms with van der Waals surface area (Å²) in [6.07, 6.45) is 0. The molecule has 0 N–H and O–H groups in total. The first-order chi connectivity index (χ1) is 28.2. The van der Waals surface area contributed by atoms with Crippen molar-refractivity contribution in [3.63, 3.8) is 0 Å². The average molecular weight is 733 g/mol. The molecule has 3 heterocycles. The Labute approximate surface area is 328 Å². The Kier molecular flexibility index (Phi) is 7.71. The second-order valence-electron chi connectivity index (χ2n) is 14.0. The van der Waals surface area contributed by atoms with Gasteiger partial charge in [-0.1, -0.05) is 127 Å². The van der Waals surface area contributed by atoms with Gasteiger partial charge in [0.1, 0.15) is 22.3 Å². The summed E-state index contributed by atoms with van der Waals surface area (Å²) in [5, 5.41) is 4.17. The minimum Gasteiger partial charge on any atom is -0.456 e. The van der Waals surface area contributed by atoms with Gasteiger partial charge in [0.2, 0.25) is 0 Å². The Bertz CT molecular complexity index is 3170. The van der Waals surface area contributed by atoms with E-state index in [9.17, 15) is 0 Å². The zero-order valence-electron chi connectivity index (χ0n) is 30.6. The van der Waals surface area contributed by atoms with E-state index in [1.165, 1.54) is 0 Å². The number of hydrogen-bond acceptors (Lipinski definition) is 6. The van der Waals surface area contributed by atoms with E-state index in [0.717, 1.165) is 88.8 Å². The van der Waals surface area contributed by atoms with Crippen molar-refractivity contribution in [2.45, 2.75) is 0 Å². The highest BCUT2D eigenvalue weighted by Crippen LogP contribution is 2.41. The quantitative estimate of drug-likeness (QED) is 0.162. The van der Waals surface area contributed by atoms with Crippen molar-refractivity contribution >= 4 is 60.9 Å². The summed E-state index contributed by atoms with van der Waals surface area (Å²) in [6.45, 7) is 0. The molecule has 11 rings (SSSR count). The monoisotopic (exact) mass is 732 g/mol. The molecule has 0 aliphatic heterocycles. The van der Waals surface area contributed by atoms with E-state index in [1.807, 2.05) is 91.0 Å². The highest BCUT2D eigenvalue weighted by molar-refractivity contribution is 6.12. The lowest BCUT2D eigenvalue weighted by atomic mass is 10.0. The van der Waals surface area contributed by atoms with Gasteiger partial charge in [-0.25, -0.2) is 15.0 Å². The summed E-state index contributed by atoms with van der Waals surface area (Å²) >= 11 is 0. The van der Waals surface area contributed by atoms with Crippen LogP contribution in [-0.4, -0.2) is 15.0 Å². The van der Waals surface area contributed by atoms with E-state index in [-0.39, 0.29) is 0 Å². The van der Waals surface area contributed by atoms with Crippen molar-refractivity contribution in [3.05, 3.63) is 194 Å². The van der Waals surface area contributed by atoms with Gasteiger partial charge in [0.05, 0.1) is 0 Å². The highest BCUT2D eigenvalue weighted by atomic mass is 16.3. The van der Waals surface area contributed by atoms with Crippen molar-refractivity contribution in [2.24, 2.45) is 0 Å². The topological polar surface area (TPSA) is 68.2 Å². The summed E-state index contributed by atoms with van der Waals surface area (Å²) < 4.78 is 12.7. The number of hydrogen-bond donors (Lipinski definition) is 0. The van der Waals surface area contributed by atoms with Crippen LogP contribution in [0.5, 0.6) is 0 Å². The predicted molar refractivity (Wildman–Crippen MR) is 231 cm³/mol. The van der Waals surface area contributed by atoms with Crippen LogP contribution in [0.25, 0.3) is 89.2 Å². The number of benzene rings is 8. The molecule has 57 heavy (non-hydrogen) atoms. The lowest BCUT2D eigenvalue weighted by Gasteiger charge is -2.25. The smallest absolute Gasteiger partial charge is 0.164 e. The third-order valence-electron chi connectivity index (χ3n) is 10.5. The first-order valence-corrected chi connectivity index (χ1v) is 18.9. The van der Waals surface area contributed by atoms with Crippen LogP contribution < -0.4 is 4.90 Å². The van der Waals surface area contributed by atoms with E-state index in [2.05, 4.69) is 108 Å². The Balaban J connectivity index is 0.980. The van der Waals surface area contributed by atoms with Gasteiger partial charge in [-0.2, -0.15) is 0 Å². The van der Waals surface area contributed by atoms with Gasteiger partial charge >= 0.3 is 0 Å². The zero-order valence-corrected chi connectivity index (χ0v) is 30.6. The van der Waals surface area contributed by atoms with Crippen LogP contribution in [0.3, 0.4) is 0 Å². The van der Waals surface area contributed by atoms with E-state index in [4.69, 9.17) is 23.8 Å². The molecule has 0 amide bonds. The van der Waals surface area contributed by atoms with Gasteiger partial charge in [-0.3, -0.25) is 0 Å². The molecular formula is C51H32N4O2. The van der Waals surface area contributed by atoms with Gasteiger partial charge in [-0.15, -0.1) is 0 Å². The highest BCUT2D eigenvalue weighted by Gasteiger charge is 2.19. The van der Waals surface area contributed by atoms with Crippen LogP contribution in [0.15, 0.2) is 203 Å². The number of rotatable bonds is 7. The molecule has 11 aromatic rings. The molecule has 0 saturated carbocycles. The van der Waals surface area contributed by atoms with Gasteiger partial charge in [0.25, 0.3) is 0 Å². The SMILES string of the molecule is c1ccc(-c2nc(-c3ccccc3)nc(-c3cccc4oc5cc(-c6ccc(N(c7ccccc7)c7ccc8oc9ccccc9c8c7)cc6)ccc5c34)n2)cc1. The van der Waals surface area contributed by atoms with Gasteiger partial charge in [0, 0.05) is 55.3 Å². The Morgan fingerprint density at radius 3 is 1.61 bits per heavy atom. The molecular weight excluding hydrogens is 701 g/mol. The summed E-state index contributed by atoms with van der Waals surface area (Å²) in [5.41, 5.74) is 11.4. The lowest BCUT2D eigenvalue weighted by molar-refractivity contribution is 0.668. The number of aromatic nitrogens is 3. The summed E-state index contributed by atoms with van der Waals surface area (Å²) in [6, 6.07) is 66.3. The Morgan fingerprint density at radius 1 is 0.316 bits per heavy atom. The minimum atomic E-state index is 0.596. The van der Waals surface area contributed by atoms with Crippen molar-refractivity contribution in [1.29, 1.82) is 0 Å². The number of furan rings is 2. The molecule has 0 aliphatic carbocycles. The third-order valence-corrected chi connectivity index (χ3v) is 10.5. The van der Waals surface area contributed by atoms with Crippen molar-refractivity contribution in [2.75, 3.05) is 4.90 Å². The maximum absolute atomic E-state index is 6.56. The van der Waals surface area contributed by atoms with E-state index in [1.54, 1.807) is 0 Å². The first-order valence-electron chi connectivity index (χ1n) is 18.9. The second kappa shape index (κ2) is 13.5. The molecule has 8 aromatic carbocycles. The Hall–Kier alpha value is -7.83. The van der Waals surface area contributed by atoms with E-state index < -0.39 is 0 Å². The number of fused-ring (bicyclic) bond motifs is 6. The molecule has 6 nitrogen and oxygen atoms in total. The fourth-order valence-corrected chi connectivity index (χ4v) is 7.80. The standard InChI is InChI=1S/C51H32N4O2/c1-4-13-34(14-5-1)49-52-50(35-15-6-2-7-16-35)54-51(53-49)42-20-12-22-46-48(42)41-29-25-36(31-47(41)57-46)33-23-26-38(27-24-33)55(37-17-8-3-9-18-37)39-28-30-45-43(32-39)40-19-10-11-21-44(40)56-45/h1-32H. The van der Waals surface area contributed by atoms with Gasteiger partial charge < -0.3 is 13.7 Å². The second-order valence-corrected chi connectivity index (χ2v) is 14.0. The number of anilines is 3. The van der Waals surface area contributed by atoms with Crippen LogP contribution in [0, 0.1) is 0 Å². The maximum atomic E-state index is 6.56. The van der Waals surface area contributed by atoms with Crippen LogP contribution >= 0.6 is 0 Å². The third kappa shape index (κ3) is 5.79. The van der Waals surface area contributed by atoms with Crippen molar-refractivity contribution in [1.82, 2.24) is 15.0 Å². The van der Waals surface area contributed by atoms with Crippen LogP contribution in [0.2, 0.25) is 0 Å². The molecule has 6 heteroatoms. The first kappa shape index (κ1) is 32.6. The van der Waals surface area contributed by atoms with E-state index >= 15 is 0 Å². The normalized spacial score (nSPS) is 11.5. The lowest BCUT2D eigenvalue weighted by Crippen LogP contribution is -2.09. The molecule has 0 bridgehead atoms. The molecule has 268 valence electrons. The molecule has 0 atom stereocenters. The molecule has 0 spiro atoms. The minimum absolute atomic E-state index is 0.596. The predicted octanol–water partition coefficient (Wildman–Crippen LogP) is 13.8. The van der Waals surface area contributed by atoms with Crippen LogP contribution in [0.4, 0.5) is 17.1 Å². The molecule has 0 radical (unpaired) electrons. The Morgan fingerprint density at radius 2 is 0.877 bits per heavy atom. The average Bonchev–Trinajstić information content (AvgIpc) is 3.85. The van der Waals surface area contributed by atoms with Crippen molar-refractivity contribution in [3.8, 4) is 45.3 Å². The molecule has 3 aromatic heterocycles. The molecule has 0 fully saturated rings. The zero-order chi connectivity index (χ0) is 37.7. The van der Waals surface area contributed by atoms with Crippen LogP contribution in [0.1, 0.15) is 0 Å². The van der Waals surface area contributed by atoms with Crippen LogP contribution in [-0.2, 0) is 0 Å². The molecule has 0 aliphatic rings. The fraction of sp³-hybridized carbons (Fsp3) is 0. The summed E-state index contributed by atoms with van der Waals surface area (Å²) in [7, 11) is 0. The maximum Gasteiger partial charge on any atom is 0.164 e. The van der Waals surface area contributed by atoms with Crippen molar-refractivity contribution < 1.29 is 8.83 Å². The largest absolute Gasteiger partial charge is 0.456 e. The fourth-order valence-electron chi connectivity index (χ4n) is 7.80. The van der Waals surface area contributed by atoms with Gasteiger partial charge in [-0.05, 0) is 77.9 Å². The number of nitrogens with zero attached hydrogens (tertiary/aromatic N) is 4. The van der Waals surface area contributed by atoms with E-state index in [0.29, 0.717) is 17.5 Å². The molecule has 0 saturated heterocycles. The summed E-state index contributed by atoms with van der Waals surface area (Å²) in [5.74, 6) is 1.84.